The van der Waals surface area contributed by atoms with Crippen molar-refractivity contribution in [3.63, 3.8) is 0 Å². The molecule has 110 valence electrons. The minimum Gasteiger partial charge on any atom is -0.336 e. The van der Waals surface area contributed by atoms with E-state index < -0.39 is 6.03 Å². The van der Waals surface area contributed by atoms with Crippen LogP contribution in [0.25, 0.3) is 0 Å². The van der Waals surface area contributed by atoms with Crippen LogP contribution in [-0.4, -0.2) is 31.1 Å². The van der Waals surface area contributed by atoms with Crippen LogP contribution < -0.4 is 15.5 Å². The first-order valence-corrected chi connectivity index (χ1v) is 7.86. The molecule has 3 amide bonds. The molecule has 6 heteroatoms. The molecular weight excluding hydrogens is 274 g/mol. The summed E-state index contributed by atoms with van der Waals surface area (Å²) in [5.74, 6) is -0.219. The lowest BCUT2D eigenvalue weighted by atomic mass is 10.0. The van der Waals surface area contributed by atoms with Gasteiger partial charge in [-0.25, -0.2) is 4.79 Å². The summed E-state index contributed by atoms with van der Waals surface area (Å²) in [7, 11) is 0. The van der Waals surface area contributed by atoms with Gasteiger partial charge < -0.3 is 10.2 Å². The molecule has 0 radical (unpaired) electrons. The van der Waals surface area contributed by atoms with Crippen LogP contribution in [0.15, 0.2) is 11.4 Å². The zero-order valence-corrected chi connectivity index (χ0v) is 13.0. The van der Waals surface area contributed by atoms with Gasteiger partial charge in [-0.05, 0) is 32.2 Å². The van der Waals surface area contributed by atoms with Crippen LogP contribution in [-0.2, 0) is 11.2 Å². The molecule has 2 heterocycles. The van der Waals surface area contributed by atoms with Gasteiger partial charge >= 0.3 is 6.03 Å². The summed E-state index contributed by atoms with van der Waals surface area (Å²) < 4.78 is 0. The van der Waals surface area contributed by atoms with Crippen LogP contribution in [0.2, 0.25) is 0 Å². The number of urea groups is 1. The van der Waals surface area contributed by atoms with E-state index >= 15 is 0 Å². The molecule has 1 aliphatic heterocycles. The topological polar surface area (TPSA) is 62.6 Å². The summed E-state index contributed by atoms with van der Waals surface area (Å²) in [6, 6.07) is 2.07. The molecule has 1 aliphatic rings. The lowest BCUT2D eigenvalue weighted by molar-refractivity contribution is -0.924. The van der Waals surface area contributed by atoms with E-state index in [9.17, 15) is 9.59 Å². The number of imide groups is 1. The molecule has 0 saturated heterocycles. The molecule has 0 aromatic carbocycles. The Labute approximate surface area is 123 Å². The summed E-state index contributed by atoms with van der Waals surface area (Å²) in [4.78, 5) is 26.0. The lowest BCUT2D eigenvalue weighted by Gasteiger charge is -2.29. The predicted octanol–water partition coefficient (Wildman–Crippen LogP) is 0.484. The van der Waals surface area contributed by atoms with Crippen molar-refractivity contribution >= 4 is 23.3 Å². The first-order valence-electron chi connectivity index (χ1n) is 6.98. The van der Waals surface area contributed by atoms with Gasteiger partial charge in [0, 0.05) is 22.9 Å². The molecule has 20 heavy (non-hydrogen) atoms. The van der Waals surface area contributed by atoms with Crippen molar-refractivity contribution in [1.29, 1.82) is 0 Å². The highest BCUT2D eigenvalue weighted by Gasteiger charge is 2.29. The largest absolute Gasteiger partial charge is 0.336 e. The van der Waals surface area contributed by atoms with E-state index in [-0.39, 0.29) is 11.9 Å². The van der Waals surface area contributed by atoms with Gasteiger partial charge in [0.2, 0.25) is 0 Å². The number of quaternary nitrogens is 1. The Morgan fingerprint density at radius 1 is 1.50 bits per heavy atom. The zero-order valence-electron chi connectivity index (χ0n) is 12.2. The Hall–Kier alpha value is -1.40. The van der Waals surface area contributed by atoms with Crippen molar-refractivity contribution in [3.05, 3.63) is 21.9 Å². The second-order valence-electron chi connectivity index (χ2n) is 5.53. The van der Waals surface area contributed by atoms with Gasteiger partial charge in [-0.15, -0.1) is 11.3 Å². The average molecular weight is 296 g/mol. The van der Waals surface area contributed by atoms with Gasteiger partial charge in [0.15, 0.2) is 6.54 Å². The summed E-state index contributed by atoms with van der Waals surface area (Å²) in [6.07, 6.45) is 1.01. The third-order valence-electron chi connectivity index (χ3n) is 3.59. The zero-order chi connectivity index (χ0) is 14.7. The highest BCUT2D eigenvalue weighted by atomic mass is 32.1. The summed E-state index contributed by atoms with van der Waals surface area (Å²) in [5.41, 5.74) is 1.34. The SMILES string of the molecule is CC(C)NC(=O)NC(=O)C[NH+]1CCc2sccc2[C@@H]1C. The number of fused-ring (bicyclic) bond motifs is 1. The smallest absolute Gasteiger partial charge is 0.321 e. The van der Waals surface area contributed by atoms with Gasteiger partial charge in [0.25, 0.3) is 5.91 Å². The van der Waals surface area contributed by atoms with Crippen molar-refractivity contribution in [1.82, 2.24) is 10.6 Å². The van der Waals surface area contributed by atoms with Crippen LogP contribution in [0, 0.1) is 0 Å². The molecule has 0 saturated carbocycles. The van der Waals surface area contributed by atoms with Crippen molar-refractivity contribution in [2.75, 3.05) is 13.1 Å². The van der Waals surface area contributed by atoms with Crippen LogP contribution in [0.3, 0.4) is 0 Å². The number of thiophene rings is 1. The molecular formula is C14H22N3O2S+. The molecule has 5 nitrogen and oxygen atoms in total. The summed E-state index contributed by atoms with van der Waals surface area (Å²) in [6.45, 7) is 7.14. The van der Waals surface area contributed by atoms with E-state index in [2.05, 4.69) is 29.0 Å². The monoisotopic (exact) mass is 296 g/mol. The first kappa shape index (κ1) is 15.0. The standard InChI is InChI=1S/C14H21N3O2S/c1-9(2)15-14(19)16-13(18)8-17-6-4-12-11(10(17)3)5-7-20-12/h5,7,9-10H,4,6,8H2,1-3H3,(H2,15,16,18,19)/p+1/t10-/m0/s1. The van der Waals surface area contributed by atoms with Crippen LogP contribution in [0.4, 0.5) is 4.79 Å². The Morgan fingerprint density at radius 2 is 2.25 bits per heavy atom. The number of carbonyl (C=O) groups excluding carboxylic acids is 2. The van der Waals surface area contributed by atoms with Gasteiger partial charge in [-0.3, -0.25) is 10.1 Å². The number of rotatable bonds is 3. The van der Waals surface area contributed by atoms with E-state index in [1.807, 2.05) is 13.8 Å². The van der Waals surface area contributed by atoms with Gasteiger partial charge in [0.1, 0.15) is 6.04 Å². The Kier molecular flexibility index (Phi) is 4.77. The third kappa shape index (κ3) is 3.58. The van der Waals surface area contributed by atoms with E-state index in [0.717, 1.165) is 13.0 Å². The Balaban J connectivity index is 1.88. The fourth-order valence-electron chi connectivity index (χ4n) is 2.57. The first-order chi connectivity index (χ1) is 9.47. The highest BCUT2D eigenvalue weighted by molar-refractivity contribution is 7.10. The maximum atomic E-state index is 11.9. The molecule has 0 spiro atoms. The molecule has 1 unspecified atom stereocenters. The van der Waals surface area contributed by atoms with Crippen LogP contribution in [0.5, 0.6) is 0 Å². The maximum Gasteiger partial charge on any atom is 0.321 e. The van der Waals surface area contributed by atoms with Crippen LogP contribution >= 0.6 is 11.3 Å². The summed E-state index contributed by atoms with van der Waals surface area (Å²) in [5, 5.41) is 7.16. The second-order valence-corrected chi connectivity index (χ2v) is 6.53. The van der Waals surface area contributed by atoms with E-state index in [0.29, 0.717) is 12.6 Å². The van der Waals surface area contributed by atoms with Gasteiger partial charge in [-0.2, -0.15) is 0 Å². The number of hydrogen-bond donors (Lipinski definition) is 3. The van der Waals surface area contributed by atoms with E-state index in [1.165, 1.54) is 15.3 Å². The average Bonchev–Trinajstić information content (AvgIpc) is 2.80. The van der Waals surface area contributed by atoms with E-state index in [1.54, 1.807) is 11.3 Å². The van der Waals surface area contributed by atoms with Gasteiger partial charge in [-0.1, -0.05) is 0 Å². The number of nitrogens with one attached hydrogen (secondary N) is 3. The minimum atomic E-state index is -0.412. The second kappa shape index (κ2) is 6.37. The molecule has 2 atom stereocenters. The Bertz CT molecular complexity index is 498. The maximum absolute atomic E-state index is 11.9. The number of amides is 3. The predicted molar refractivity (Wildman–Crippen MR) is 78.9 cm³/mol. The van der Waals surface area contributed by atoms with Gasteiger partial charge in [0.05, 0.1) is 6.54 Å². The molecule has 0 fully saturated rings. The fraction of sp³-hybridized carbons (Fsp3) is 0.571. The lowest BCUT2D eigenvalue weighted by Crippen LogP contribution is -3.14. The number of carbonyl (C=O) groups is 2. The van der Waals surface area contributed by atoms with Crippen LogP contribution in [0.1, 0.15) is 37.3 Å². The molecule has 1 aromatic heterocycles. The third-order valence-corrected chi connectivity index (χ3v) is 4.59. The van der Waals surface area contributed by atoms with Crippen molar-refractivity contribution in [3.8, 4) is 0 Å². The minimum absolute atomic E-state index is 0.0254. The summed E-state index contributed by atoms with van der Waals surface area (Å²) >= 11 is 1.79. The van der Waals surface area contributed by atoms with Crippen molar-refractivity contribution in [2.45, 2.75) is 39.3 Å². The quantitative estimate of drug-likeness (QED) is 0.760. The van der Waals surface area contributed by atoms with E-state index in [4.69, 9.17) is 0 Å². The molecule has 0 aliphatic carbocycles. The molecule has 3 N–H and O–H groups in total. The highest BCUT2D eigenvalue weighted by Crippen LogP contribution is 2.24. The fourth-order valence-corrected chi connectivity index (χ4v) is 3.55. The van der Waals surface area contributed by atoms with Crippen molar-refractivity contribution < 1.29 is 14.5 Å². The molecule has 2 rings (SSSR count). The van der Waals surface area contributed by atoms with Crippen molar-refractivity contribution in [2.24, 2.45) is 0 Å². The number of hydrogen-bond acceptors (Lipinski definition) is 3. The Morgan fingerprint density at radius 3 is 2.95 bits per heavy atom. The molecule has 0 bridgehead atoms. The molecule has 1 aromatic rings. The normalized spacial score (nSPS) is 21.4.